The first-order chi connectivity index (χ1) is 20.3. The van der Waals surface area contributed by atoms with Gasteiger partial charge in [0.05, 0.1) is 40.7 Å². The maximum Gasteiger partial charge on any atom is 0.352 e. The minimum absolute atomic E-state index is 0.00458. The monoisotopic (exact) mass is 591 g/mol. The molecular weight excluding hydrogens is 546 g/mol. The van der Waals surface area contributed by atoms with Crippen LogP contribution in [0.5, 0.6) is 0 Å². The maximum absolute atomic E-state index is 14.7. The van der Waals surface area contributed by atoms with Crippen molar-refractivity contribution in [2.45, 2.75) is 114 Å². The van der Waals surface area contributed by atoms with Crippen LogP contribution in [0.15, 0.2) is 52.1 Å². The normalized spacial score (nSPS) is 44.3. The molecule has 3 aliphatic heterocycles. The van der Waals surface area contributed by atoms with Crippen LogP contribution in [0.25, 0.3) is 5.69 Å². The number of nitrogens with zero attached hydrogens (tertiary/aromatic N) is 3. The number of fused-ring (bicyclic) bond motifs is 2. The van der Waals surface area contributed by atoms with E-state index in [4.69, 9.17) is 9.47 Å². The molecule has 232 valence electrons. The van der Waals surface area contributed by atoms with Gasteiger partial charge in [0.2, 0.25) is 0 Å². The van der Waals surface area contributed by atoms with E-state index in [0.717, 1.165) is 25.7 Å². The van der Waals surface area contributed by atoms with Gasteiger partial charge < -0.3 is 19.7 Å². The van der Waals surface area contributed by atoms with Crippen LogP contribution in [0.4, 0.5) is 0 Å². The number of allylic oxidation sites excluding steroid dienone is 2. The highest BCUT2D eigenvalue weighted by Gasteiger charge is 2.81. The summed E-state index contributed by atoms with van der Waals surface area (Å²) in [5.41, 5.74) is -2.97. The molecule has 1 saturated heterocycles. The fraction of sp³-hybridized carbons (Fsp3) is 0.706. The summed E-state index contributed by atoms with van der Waals surface area (Å²) in [5.74, 6) is 0.489. The van der Waals surface area contributed by atoms with Gasteiger partial charge in [-0.05, 0) is 88.2 Å². The lowest BCUT2D eigenvalue weighted by atomic mass is 9.40. The van der Waals surface area contributed by atoms with Crippen LogP contribution in [-0.2, 0) is 20.6 Å². The van der Waals surface area contributed by atoms with Gasteiger partial charge in [0.1, 0.15) is 6.10 Å². The Morgan fingerprint density at radius 1 is 1.05 bits per heavy atom. The first-order valence-electron chi connectivity index (χ1n) is 16.2. The molecule has 9 heteroatoms. The van der Waals surface area contributed by atoms with E-state index in [2.05, 4.69) is 32.9 Å². The lowest BCUT2D eigenvalue weighted by Crippen LogP contribution is -2.78. The van der Waals surface area contributed by atoms with Crippen molar-refractivity contribution in [2.24, 2.45) is 28.6 Å². The van der Waals surface area contributed by atoms with Crippen molar-refractivity contribution < 1.29 is 19.7 Å². The summed E-state index contributed by atoms with van der Waals surface area (Å²) < 4.78 is 17.6. The van der Waals surface area contributed by atoms with E-state index in [9.17, 15) is 19.8 Å². The standard InChI is InChI=1S/C34H45N3O6/c1-20(42-18-17-30(2,3)41)22-11-12-24-31(22,4)14-13-25-32(5)27-26(43-27)23(38)19-33(32)15-16-34(24,25)37-29(40)35(28(39)36(33)37)21-9-7-6-8-10-21/h6-10,15-16,20,22-27,38,41H,11-14,17-19H2,1-5H3/t20-,22+,23+,24+,25+,26-,27-,31+,32-,33+,34-/m0/s1. The summed E-state index contributed by atoms with van der Waals surface area (Å²) in [6, 6.07) is 9.22. The summed E-state index contributed by atoms with van der Waals surface area (Å²) >= 11 is 0. The fourth-order valence-corrected chi connectivity index (χ4v) is 11.2. The summed E-state index contributed by atoms with van der Waals surface area (Å²) in [6.45, 7) is 10.9. The molecule has 2 spiro atoms. The van der Waals surface area contributed by atoms with E-state index in [1.165, 1.54) is 4.57 Å². The molecule has 4 heterocycles. The lowest BCUT2D eigenvalue weighted by Gasteiger charge is -2.70. The first kappa shape index (κ1) is 28.0. The number of aliphatic hydroxyl groups excluding tert-OH is 1. The van der Waals surface area contributed by atoms with Crippen molar-refractivity contribution in [1.29, 1.82) is 0 Å². The van der Waals surface area contributed by atoms with Crippen LogP contribution >= 0.6 is 0 Å². The zero-order valence-electron chi connectivity index (χ0n) is 25.9. The molecule has 4 fully saturated rings. The Bertz CT molecular complexity index is 1620. The zero-order valence-corrected chi connectivity index (χ0v) is 25.9. The summed E-state index contributed by atoms with van der Waals surface area (Å²) in [6.07, 6.45) is 8.12. The Kier molecular flexibility index (Phi) is 5.62. The Morgan fingerprint density at radius 2 is 1.77 bits per heavy atom. The summed E-state index contributed by atoms with van der Waals surface area (Å²) in [5, 5.41) is 21.4. The van der Waals surface area contributed by atoms with Crippen LogP contribution in [0.3, 0.4) is 0 Å². The molecule has 0 amide bonds. The Hall–Kier alpha value is -2.46. The summed E-state index contributed by atoms with van der Waals surface area (Å²) in [7, 11) is 0. The molecule has 9 nitrogen and oxygen atoms in total. The second-order valence-electron chi connectivity index (χ2n) is 15.6. The number of ether oxygens (including phenoxy) is 2. The second kappa shape index (κ2) is 8.62. The Balaban J connectivity index is 1.31. The number of aliphatic hydroxyl groups is 2. The van der Waals surface area contributed by atoms with Gasteiger partial charge in [0.15, 0.2) is 0 Å². The fourth-order valence-electron chi connectivity index (χ4n) is 11.2. The van der Waals surface area contributed by atoms with Gasteiger partial charge in [-0.15, -0.1) is 0 Å². The molecule has 1 aromatic carbocycles. The molecule has 0 unspecified atom stereocenters. The predicted molar refractivity (Wildman–Crippen MR) is 160 cm³/mol. The van der Waals surface area contributed by atoms with Gasteiger partial charge in [-0.2, -0.15) is 0 Å². The van der Waals surface area contributed by atoms with E-state index >= 15 is 0 Å². The Morgan fingerprint density at radius 3 is 2.49 bits per heavy atom. The van der Waals surface area contributed by atoms with Crippen molar-refractivity contribution in [1.82, 2.24) is 13.9 Å². The van der Waals surface area contributed by atoms with Crippen molar-refractivity contribution >= 4 is 0 Å². The van der Waals surface area contributed by atoms with E-state index in [1.54, 1.807) is 4.68 Å². The van der Waals surface area contributed by atoms with E-state index in [1.807, 2.05) is 48.9 Å². The highest BCUT2D eigenvalue weighted by atomic mass is 16.6. The number of epoxide rings is 1. The third kappa shape index (κ3) is 3.27. The molecule has 4 aliphatic carbocycles. The quantitative estimate of drug-likeness (QED) is 0.394. The van der Waals surface area contributed by atoms with Gasteiger partial charge in [0.25, 0.3) is 0 Å². The van der Waals surface area contributed by atoms with E-state index in [0.29, 0.717) is 25.1 Å². The maximum atomic E-state index is 14.7. The van der Waals surface area contributed by atoms with Gasteiger partial charge >= 0.3 is 11.4 Å². The number of benzene rings is 1. The number of aromatic nitrogens is 3. The topological polar surface area (TPSA) is 111 Å². The molecule has 2 aromatic rings. The smallest absolute Gasteiger partial charge is 0.352 e. The van der Waals surface area contributed by atoms with Crippen LogP contribution in [0.2, 0.25) is 0 Å². The third-order valence-corrected chi connectivity index (χ3v) is 13.2. The number of hydrogen-bond donors (Lipinski definition) is 2. The molecule has 1 aromatic heterocycles. The number of hydrogen-bond acceptors (Lipinski definition) is 6. The number of para-hydroxylation sites is 1. The van der Waals surface area contributed by atoms with Crippen LogP contribution < -0.4 is 11.4 Å². The van der Waals surface area contributed by atoms with Gasteiger partial charge in [-0.3, -0.25) is 0 Å². The van der Waals surface area contributed by atoms with Crippen LogP contribution in [0.1, 0.15) is 73.1 Å². The van der Waals surface area contributed by atoms with Crippen molar-refractivity contribution in [3.8, 4) is 5.69 Å². The van der Waals surface area contributed by atoms with Crippen molar-refractivity contribution in [3.63, 3.8) is 0 Å². The van der Waals surface area contributed by atoms with Crippen LogP contribution in [0, 0.1) is 28.6 Å². The molecule has 9 rings (SSSR count). The average molecular weight is 592 g/mol. The highest BCUT2D eigenvalue weighted by Crippen LogP contribution is 2.75. The van der Waals surface area contributed by atoms with Gasteiger partial charge in [-0.25, -0.2) is 23.5 Å². The van der Waals surface area contributed by atoms with Crippen LogP contribution in [-0.4, -0.2) is 60.8 Å². The van der Waals surface area contributed by atoms with Crippen molar-refractivity contribution in [2.75, 3.05) is 6.61 Å². The third-order valence-electron chi connectivity index (χ3n) is 13.2. The first-order valence-corrected chi connectivity index (χ1v) is 16.2. The lowest BCUT2D eigenvalue weighted by molar-refractivity contribution is -0.197. The largest absolute Gasteiger partial charge is 0.390 e. The van der Waals surface area contributed by atoms with Crippen molar-refractivity contribution in [3.05, 3.63) is 63.5 Å². The molecular formula is C34H45N3O6. The second-order valence-corrected chi connectivity index (χ2v) is 15.6. The molecule has 11 atom stereocenters. The summed E-state index contributed by atoms with van der Waals surface area (Å²) in [4.78, 5) is 29.3. The van der Waals surface area contributed by atoms with Gasteiger partial charge in [-0.1, -0.05) is 44.2 Å². The molecule has 3 saturated carbocycles. The number of rotatable bonds is 6. The molecule has 2 bridgehead atoms. The SMILES string of the molecule is C[C@H](OCCC(C)(C)O)[C@H]1CC[C@@H]2[C@]1(C)CC[C@H]1[C@]23C=C[C@]2(C[C@@H](O)[C@@H]4O[C@@H]4[C@]12C)n1c(=O)n(-c2ccccc2)c(=O)n13. The minimum Gasteiger partial charge on any atom is -0.390 e. The minimum atomic E-state index is -0.855. The Labute approximate surface area is 252 Å². The van der Waals surface area contributed by atoms with E-state index < -0.39 is 28.2 Å². The predicted octanol–water partition coefficient (Wildman–Crippen LogP) is 3.32. The molecule has 0 radical (unpaired) electrons. The average Bonchev–Trinajstić information content (AvgIpc) is 3.62. The van der Waals surface area contributed by atoms with Gasteiger partial charge in [0, 0.05) is 18.4 Å². The van der Waals surface area contributed by atoms with E-state index in [-0.39, 0.29) is 52.9 Å². The molecule has 2 N–H and O–H groups in total. The molecule has 7 aliphatic rings. The molecule has 43 heavy (non-hydrogen) atoms. The zero-order chi connectivity index (χ0) is 30.3. The highest BCUT2D eigenvalue weighted by molar-refractivity contribution is 5.40.